The maximum absolute atomic E-state index is 4.56. The van der Waals surface area contributed by atoms with Gasteiger partial charge in [-0.1, -0.05) is 12.1 Å². The van der Waals surface area contributed by atoms with Crippen LogP contribution < -0.4 is 0 Å². The van der Waals surface area contributed by atoms with Gasteiger partial charge >= 0.3 is 0 Å². The lowest BCUT2D eigenvalue weighted by atomic mass is 10.2. The Balaban J connectivity index is 1.49. The van der Waals surface area contributed by atoms with Crippen LogP contribution in [0.5, 0.6) is 0 Å². The van der Waals surface area contributed by atoms with E-state index in [1.54, 1.807) is 18.1 Å². The van der Waals surface area contributed by atoms with Crippen molar-refractivity contribution in [2.24, 2.45) is 0 Å². The molecule has 4 aromatic rings. The Hall–Kier alpha value is -1.92. The van der Waals surface area contributed by atoms with Gasteiger partial charge in [0.05, 0.1) is 11.7 Å². The number of aryl methyl sites for hydroxylation is 2. The lowest BCUT2D eigenvalue weighted by Crippen LogP contribution is -1.88. The van der Waals surface area contributed by atoms with Crippen molar-refractivity contribution in [1.29, 1.82) is 0 Å². The number of hydrogen-bond donors (Lipinski definition) is 1. The molecule has 0 aliphatic heterocycles. The maximum atomic E-state index is 4.56. The summed E-state index contributed by atoms with van der Waals surface area (Å²) in [6.07, 6.45) is 7.21. The highest BCUT2D eigenvalue weighted by atomic mass is 32.2. The molecule has 0 saturated carbocycles. The predicted octanol–water partition coefficient (Wildman–Crippen LogP) is 4.35. The molecule has 1 N–H and O–H groups in total. The van der Waals surface area contributed by atoms with Crippen molar-refractivity contribution in [2.75, 3.05) is 0 Å². The Kier molecular flexibility index (Phi) is 3.12. The average molecular weight is 338 g/mol. The first-order chi connectivity index (χ1) is 11.4. The van der Waals surface area contributed by atoms with E-state index in [4.69, 9.17) is 0 Å². The van der Waals surface area contributed by atoms with Crippen LogP contribution in [-0.4, -0.2) is 20.2 Å². The van der Waals surface area contributed by atoms with Crippen molar-refractivity contribution in [2.45, 2.75) is 30.0 Å². The number of aromatic nitrogens is 4. The number of rotatable bonds is 3. The molecule has 0 unspecified atom stereocenters. The zero-order valence-electron chi connectivity index (χ0n) is 12.4. The molecule has 3 aromatic heterocycles. The molecule has 5 rings (SSSR count). The molecular formula is C17H14N4S2. The van der Waals surface area contributed by atoms with Gasteiger partial charge in [0.25, 0.3) is 0 Å². The SMILES string of the molecule is c1nc(SCc2ccc3cn[nH]c3c2)c2c3c(sc2n1)CCC3. The molecule has 3 heterocycles. The third-order valence-electron chi connectivity index (χ3n) is 4.35. The van der Waals surface area contributed by atoms with Gasteiger partial charge < -0.3 is 0 Å². The Morgan fingerprint density at radius 1 is 1.22 bits per heavy atom. The molecule has 0 amide bonds. The summed E-state index contributed by atoms with van der Waals surface area (Å²) in [7, 11) is 0. The van der Waals surface area contributed by atoms with Crippen LogP contribution in [0.15, 0.2) is 35.7 Å². The molecular weight excluding hydrogens is 324 g/mol. The molecule has 0 bridgehead atoms. The molecule has 0 atom stereocenters. The molecule has 6 heteroatoms. The minimum Gasteiger partial charge on any atom is -0.278 e. The van der Waals surface area contributed by atoms with Crippen molar-refractivity contribution in [3.8, 4) is 0 Å². The van der Waals surface area contributed by atoms with E-state index in [0.29, 0.717) is 0 Å². The number of thioether (sulfide) groups is 1. The van der Waals surface area contributed by atoms with E-state index >= 15 is 0 Å². The van der Waals surface area contributed by atoms with Gasteiger partial charge in [0.15, 0.2) is 0 Å². The number of fused-ring (bicyclic) bond motifs is 4. The van der Waals surface area contributed by atoms with E-state index in [-0.39, 0.29) is 0 Å². The lowest BCUT2D eigenvalue weighted by molar-refractivity contribution is 0.915. The predicted molar refractivity (Wildman–Crippen MR) is 95.1 cm³/mol. The largest absolute Gasteiger partial charge is 0.278 e. The third-order valence-corrected chi connectivity index (χ3v) is 6.61. The smallest absolute Gasteiger partial charge is 0.128 e. The third kappa shape index (κ3) is 2.24. The van der Waals surface area contributed by atoms with Crippen molar-refractivity contribution in [1.82, 2.24) is 20.2 Å². The summed E-state index contributed by atoms with van der Waals surface area (Å²) in [6.45, 7) is 0. The highest BCUT2D eigenvalue weighted by molar-refractivity contribution is 7.98. The second-order valence-electron chi connectivity index (χ2n) is 5.80. The number of nitrogens with zero attached hydrogens (tertiary/aromatic N) is 3. The molecule has 0 spiro atoms. The van der Waals surface area contributed by atoms with E-state index < -0.39 is 0 Å². The minimum absolute atomic E-state index is 0.908. The number of nitrogens with one attached hydrogen (secondary N) is 1. The molecule has 0 saturated heterocycles. The Morgan fingerprint density at radius 3 is 3.22 bits per heavy atom. The summed E-state index contributed by atoms with van der Waals surface area (Å²) in [4.78, 5) is 11.7. The summed E-state index contributed by atoms with van der Waals surface area (Å²) in [6, 6.07) is 6.46. The summed E-state index contributed by atoms with van der Waals surface area (Å²) < 4.78 is 0. The monoisotopic (exact) mass is 338 g/mol. The van der Waals surface area contributed by atoms with Gasteiger partial charge in [0, 0.05) is 21.4 Å². The van der Waals surface area contributed by atoms with E-state index in [9.17, 15) is 0 Å². The van der Waals surface area contributed by atoms with Gasteiger partial charge in [-0.15, -0.1) is 23.1 Å². The van der Waals surface area contributed by atoms with Crippen LogP contribution in [-0.2, 0) is 18.6 Å². The number of H-pyrrole nitrogens is 1. The highest BCUT2D eigenvalue weighted by Gasteiger charge is 2.21. The zero-order chi connectivity index (χ0) is 15.2. The highest BCUT2D eigenvalue weighted by Crippen LogP contribution is 2.40. The van der Waals surface area contributed by atoms with Crippen molar-refractivity contribution in [3.05, 3.63) is 46.7 Å². The summed E-state index contributed by atoms with van der Waals surface area (Å²) >= 11 is 3.65. The molecule has 114 valence electrons. The molecule has 1 aliphatic rings. The maximum Gasteiger partial charge on any atom is 0.128 e. The first-order valence-corrected chi connectivity index (χ1v) is 9.49. The Morgan fingerprint density at radius 2 is 2.22 bits per heavy atom. The van der Waals surface area contributed by atoms with Crippen LogP contribution in [0.4, 0.5) is 0 Å². The standard InChI is InChI=1S/C17H14N4S2/c1-2-12-14(3-1)23-17-15(12)16(18-9-19-17)22-8-10-4-5-11-7-20-21-13(11)6-10/h4-7,9H,1-3,8H2,(H,20,21). The van der Waals surface area contributed by atoms with Crippen LogP contribution in [0.2, 0.25) is 0 Å². The quantitative estimate of drug-likeness (QED) is 0.446. The van der Waals surface area contributed by atoms with Gasteiger partial charge in [-0.3, -0.25) is 5.10 Å². The van der Waals surface area contributed by atoms with Crippen molar-refractivity contribution < 1.29 is 0 Å². The lowest BCUT2D eigenvalue weighted by Gasteiger charge is -2.04. The molecule has 0 radical (unpaired) electrons. The van der Waals surface area contributed by atoms with Crippen LogP contribution in [0.3, 0.4) is 0 Å². The van der Waals surface area contributed by atoms with Gasteiger partial charge in [0.2, 0.25) is 0 Å². The van der Waals surface area contributed by atoms with Gasteiger partial charge in [-0.2, -0.15) is 5.10 Å². The number of benzene rings is 1. The first-order valence-electron chi connectivity index (χ1n) is 7.68. The van der Waals surface area contributed by atoms with E-state index in [1.165, 1.54) is 40.7 Å². The Bertz CT molecular complexity index is 1020. The normalized spacial score (nSPS) is 13.9. The minimum atomic E-state index is 0.908. The topological polar surface area (TPSA) is 54.5 Å². The molecule has 1 aliphatic carbocycles. The average Bonchev–Trinajstić information content (AvgIpc) is 3.27. The second kappa shape index (κ2) is 5.32. The number of hydrogen-bond acceptors (Lipinski definition) is 5. The van der Waals surface area contributed by atoms with Crippen LogP contribution in [0, 0.1) is 0 Å². The summed E-state index contributed by atoms with van der Waals surface area (Å²) in [5.41, 5.74) is 3.87. The van der Waals surface area contributed by atoms with Crippen LogP contribution >= 0.6 is 23.1 Å². The van der Waals surface area contributed by atoms with Crippen molar-refractivity contribution >= 4 is 44.2 Å². The number of thiophene rings is 1. The van der Waals surface area contributed by atoms with Gasteiger partial charge in [-0.05, 0) is 36.5 Å². The fraction of sp³-hybridized carbons (Fsp3) is 0.235. The van der Waals surface area contributed by atoms with Gasteiger partial charge in [-0.25, -0.2) is 9.97 Å². The Labute approximate surface area is 141 Å². The van der Waals surface area contributed by atoms with Gasteiger partial charge in [0.1, 0.15) is 16.2 Å². The number of aromatic amines is 1. The molecule has 4 nitrogen and oxygen atoms in total. The molecule has 0 fully saturated rings. The van der Waals surface area contributed by atoms with Crippen molar-refractivity contribution in [3.63, 3.8) is 0 Å². The fourth-order valence-electron chi connectivity index (χ4n) is 3.23. The van der Waals surface area contributed by atoms with Crippen LogP contribution in [0.1, 0.15) is 22.4 Å². The summed E-state index contributed by atoms with van der Waals surface area (Å²) in [5, 5.41) is 10.7. The second-order valence-corrected chi connectivity index (χ2v) is 7.84. The van der Waals surface area contributed by atoms with E-state index in [2.05, 4.69) is 38.4 Å². The summed E-state index contributed by atoms with van der Waals surface area (Å²) in [5.74, 6) is 0.908. The van der Waals surface area contributed by atoms with Crippen LogP contribution in [0.25, 0.3) is 21.1 Å². The van der Waals surface area contributed by atoms with E-state index in [0.717, 1.165) is 26.5 Å². The first kappa shape index (κ1) is 13.5. The zero-order valence-corrected chi connectivity index (χ0v) is 14.0. The molecule has 1 aromatic carbocycles. The van der Waals surface area contributed by atoms with E-state index in [1.807, 2.05) is 17.5 Å². The fourth-order valence-corrected chi connectivity index (χ4v) is 5.50. The molecule has 23 heavy (non-hydrogen) atoms.